The summed E-state index contributed by atoms with van der Waals surface area (Å²) in [5, 5.41) is 15.2. The molecule has 0 spiro atoms. The molecule has 0 aliphatic heterocycles. The smallest absolute Gasteiger partial charge is 0.351 e. The van der Waals surface area contributed by atoms with E-state index < -0.39 is 41.5 Å². The molecule has 0 unspecified atom stereocenters. The van der Waals surface area contributed by atoms with Gasteiger partial charge in [0.25, 0.3) is 0 Å². The highest BCUT2D eigenvalue weighted by Gasteiger charge is 2.46. The summed E-state index contributed by atoms with van der Waals surface area (Å²) in [5.41, 5.74) is -0.787. The van der Waals surface area contributed by atoms with Gasteiger partial charge in [0.15, 0.2) is 5.82 Å². The molecule has 0 aromatic carbocycles. The molecule has 2 aliphatic carbocycles. The minimum Gasteiger partial charge on any atom is -0.351 e. The van der Waals surface area contributed by atoms with Gasteiger partial charge in [-0.1, -0.05) is 0 Å². The number of hydrogen-bond acceptors (Lipinski definition) is 9. The number of hydrogen-bond donors (Lipinski definition) is 2. The first kappa shape index (κ1) is 23.7. The monoisotopic (exact) mass is 503 g/mol. The van der Waals surface area contributed by atoms with Gasteiger partial charge in [-0.05, 0) is 37.5 Å². The lowest BCUT2D eigenvalue weighted by Gasteiger charge is -2.15. The van der Waals surface area contributed by atoms with Crippen molar-refractivity contribution in [3.63, 3.8) is 0 Å². The van der Waals surface area contributed by atoms with E-state index in [4.69, 9.17) is 0 Å². The second-order valence-electron chi connectivity index (χ2n) is 8.76. The fourth-order valence-corrected chi connectivity index (χ4v) is 3.93. The number of nitriles is 1. The Bertz CT molecular complexity index is 1330. The predicted octanol–water partition coefficient (Wildman–Crippen LogP) is 4.64. The van der Waals surface area contributed by atoms with Crippen LogP contribution in [0.1, 0.15) is 43.5 Å². The second kappa shape index (κ2) is 8.58. The number of anilines is 3. The summed E-state index contributed by atoms with van der Waals surface area (Å²) >= 11 is 0. The molecule has 2 aliphatic rings. The van der Waals surface area contributed by atoms with Crippen molar-refractivity contribution in [3.8, 4) is 17.7 Å². The van der Waals surface area contributed by atoms with Crippen molar-refractivity contribution in [2.75, 3.05) is 10.6 Å². The van der Waals surface area contributed by atoms with Gasteiger partial charge in [0.1, 0.15) is 5.69 Å². The van der Waals surface area contributed by atoms with Crippen LogP contribution in [0.5, 0.6) is 0 Å². The van der Waals surface area contributed by atoms with Gasteiger partial charge in [-0.3, -0.25) is 4.98 Å². The third-order valence-electron chi connectivity index (χ3n) is 5.99. The van der Waals surface area contributed by atoms with Crippen LogP contribution in [0, 0.1) is 11.3 Å². The molecule has 2 fully saturated rings. The van der Waals surface area contributed by atoms with Crippen LogP contribution < -0.4 is 10.6 Å². The highest BCUT2D eigenvalue weighted by atomic mass is 19.4. The summed E-state index contributed by atoms with van der Waals surface area (Å²) in [5.74, 6) is -3.71. The maximum Gasteiger partial charge on any atom is 0.433 e. The van der Waals surface area contributed by atoms with E-state index in [2.05, 4.69) is 46.6 Å². The summed E-state index contributed by atoms with van der Waals surface area (Å²) in [6, 6.07) is 5.59. The molecule has 14 heteroatoms. The third-order valence-corrected chi connectivity index (χ3v) is 5.99. The van der Waals surface area contributed by atoms with Crippen LogP contribution in [0.15, 0.2) is 30.6 Å². The van der Waals surface area contributed by atoms with Gasteiger partial charge in [-0.15, -0.1) is 0 Å². The van der Waals surface area contributed by atoms with Crippen molar-refractivity contribution in [1.29, 1.82) is 5.26 Å². The first-order chi connectivity index (χ1) is 17.1. The lowest BCUT2D eigenvalue weighted by molar-refractivity contribution is -0.141. The van der Waals surface area contributed by atoms with E-state index in [0.717, 1.165) is 6.20 Å². The molecule has 0 radical (unpaired) electrons. The van der Waals surface area contributed by atoms with Gasteiger partial charge >= 0.3 is 6.18 Å². The van der Waals surface area contributed by atoms with Gasteiger partial charge in [-0.2, -0.15) is 33.4 Å². The number of nitrogens with one attached hydrogen (secondary N) is 2. The van der Waals surface area contributed by atoms with Crippen molar-refractivity contribution in [3.05, 3.63) is 42.0 Å². The number of rotatable bonds is 6. The summed E-state index contributed by atoms with van der Waals surface area (Å²) in [6.45, 7) is 0. The molecule has 5 rings (SSSR count). The van der Waals surface area contributed by atoms with Crippen molar-refractivity contribution in [1.82, 2.24) is 29.9 Å². The van der Waals surface area contributed by atoms with Crippen LogP contribution in [0.4, 0.5) is 39.5 Å². The average Bonchev–Trinajstić information content (AvgIpc) is 3.56. The molecule has 3 aromatic rings. The van der Waals surface area contributed by atoms with Crippen LogP contribution in [-0.2, 0) is 11.6 Å². The van der Waals surface area contributed by atoms with Crippen molar-refractivity contribution in [2.24, 2.45) is 0 Å². The lowest BCUT2D eigenvalue weighted by atomic mass is 10.0. The van der Waals surface area contributed by atoms with Crippen LogP contribution in [0.25, 0.3) is 11.6 Å². The quantitative estimate of drug-likeness (QED) is 0.463. The molecule has 36 heavy (non-hydrogen) atoms. The van der Waals surface area contributed by atoms with E-state index >= 15 is 0 Å². The minimum atomic E-state index is -4.71. The zero-order chi connectivity index (χ0) is 25.6. The number of aromatic nitrogens is 6. The summed E-state index contributed by atoms with van der Waals surface area (Å²) < 4.78 is 66.9. The Balaban J connectivity index is 1.49. The number of nitrogens with zero attached hydrogens (tertiary/aromatic N) is 7. The zero-order valence-corrected chi connectivity index (χ0v) is 18.5. The number of alkyl halides is 5. The van der Waals surface area contributed by atoms with Crippen LogP contribution in [0.2, 0.25) is 0 Å². The van der Waals surface area contributed by atoms with Crippen molar-refractivity contribution < 1.29 is 22.0 Å². The Hall–Kier alpha value is -4.02. The molecule has 0 bridgehead atoms. The Morgan fingerprint density at radius 2 is 1.69 bits per heavy atom. The first-order valence-electron chi connectivity index (χ1n) is 11.0. The molecular formula is C22H18F5N9. The lowest BCUT2D eigenvalue weighted by Crippen LogP contribution is -2.21. The fraction of sp³-hybridized carbons (Fsp3) is 0.409. The SMILES string of the molecule is N#CC1(c2cc(Nc3nc(N[C@H]4CCC(F)(F)C4)nc(-c4nccc(C(F)(F)F)n4)n3)ccn2)CC1. The van der Waals surface area contributed by atoms with Gasteiger partial charge in [0.05, 0.1) is 17.2 Å². The van der Waals surface area contributed by atoms with Crippen LogP contribution in [0.3, 0.4) is 0 Å². The van der Waals surface area contributed by atoms with Crippen LogP contribution >= 0.6 is 0 Å². The third kappa shape index (κ3) is 5.00. The summed E-state index contributed by atoms with van der Waals surface area (Å²) in [7, 11) is 0. The van der Waals surface area contributed by atoms with E-state index in [-0.39, 0.29) is 30.6 Å². The normalized spacial score (nSPS) is 19.9. The standard InChI is InChI=1S/C22H18F5N9/c23-21(24)4-1-13(10-21)32-19-35-17(16-30-8-3-14(33-16)22(25,26)27)34-18(36-19)31-12-2-7-29-15(9-12)20(11-28)5-6-20/h2-3,7-9,13H,1,4-6,10H2,(H2,29,31,32,34,35,36)/t13-/m0/s1. The van der Waals surface area contributed by atoms with Gasteiger partial charge in [-0.25, -0.2) is 18.7 Å². The highest BCUT2D eigenvalue weighted by molar-refractivity contribution is 5.58. The molecule has 2 saturated carbocycles. The molecule has 186 valence electrons. The molecule has 0 amide bonds. The van der Waals surface area contributed by atoms with Crippen molar-refractivity contribution in [2.45, 2.75) is 55.7 Å². The van der Waals surface area contributed by atoms with E-state index in [1.165, 1.54) is 6.20 Å². The summed E-state index contributed by atoms with van der Waals surface area (Å²) in [6.07, 6.45) is -1.47. The predicted molar refractivity (Wildman–Crippen MR) is 116 cm³/mol. The van der Waals surface area contributed by atoms with E-state index in [1.54, 1.807) is 12.1 Å². The molecular weight excluding hydrogens is 485 g/mol. The molecule has 0 saturated heterocycles. The maximum absolute atomic E-state index is 13.7. The van der Waals surface area contributed by atoms with E-state index in [0.29, 0.717) is 30.3 Å². The molecule has 9 nitrogen and oxygen atoms in total. The van der Waals surface area contributed by atoms with Crippen LogP contribution in [-0.4, -0.2) is 41.9 Å². The van der Waals surface area contributed by atoms with Crippen molar-refractivity contribution >= 4 is 17.6 Å². The molecule has 1 atom stereocenters. The molecule has 3 heterocycles. The molecule has 3 aromatic heterocycles. The minimum absolute atomic E-state index is 0.0766. The van der Waals surface area contributed by atoms with E-state index in [1.807, 2.05) is 0 Å². The highest BCUT2D eigenvalue weighted by Crippen LogP contribution is 2.47. The maximum atomic E-state index is 13.7. The van der Waals surface area contributed by atoms with Gasteiger partial charge in [0, 0.05) is 37.0 Å². The molecule has 2 N–H and O–H groups in total. The Labute approximate surface area is 201 Å². The Morgan fingerprint density at radius 1 is 0.944 bits per heavy atom. The fourth-order valence-electron chi connectivity index (χ4n) is 3.93. The average molecular weight is 503 g/mol. The second-order valence-corrected chi connectivity index (χ2v) is 8.76. The van der Waals surface area contributed by atoms with Gasteiger partial charge in [0.2, 0.25) is 23.6 Å². The van der Waals surface area contributed by atoms with Gasteiger partial charge < -0.3 is 10.6 Å². The topological polar surface area (TPSA) is 125 Å². The summed E-state index contributed by atoms with van der Waals surface area (Å²) in [4.78, 5) is 24.1. The Kier molecular flexibility index (Phi) is 5.65. The Morgan fingerprint density at radius 3 is 2.36 bits per heavy atom. The largest absolute Gasteiger partial charge is 0.433 e. The number of halogens is 5. The van der Waals surface area contributed by atoms with E-state index in [9.17, 15) is 27.2 Å². The zero-order valence-electron chi connectivity index (χ0n) is 18.5. The number of pyridine rings is 1. The first-order valence-corrected chi connectivity index (χ1v) is 11.0.